The predicted molar refractivity (Wildman–Crippen MR) is 59.5 cm³/mol. The number of ether oxygens (including phenoxy) is 1. The van der Waals surface area contributed by atoms with Crippen molar-refractivity contribution in [1.29, 1.82) is 0 Å². The molecular formula is C11H14N2O2. The van der Waals surface area contributed by atoms with Gasteiger partial charge in [0.2, 0.25) is 0 Å². The highest BCUT2D eigenvalue weighted by molar-refractivity contribution is 5.84. The smallest absolute Gasteiger partial charge is 0.411 e. The van der Waals surface area contributed by atoms with Gasteiger partial charge in [-0.05, 0) is 17.7 Å². The molecule has 0 atom stereocenters. The fraction of sp³-hybridized carbons (Fsp3) is 0.182. The molecule has 15 heavy (non-hydrogen) atoms. The summed E-state index contributed by atoms with van der Waals surface area (Å²) in [6, 6.07) is 7.25. The van der Waals surface area contributed by atoms with E-state index in [2.05, 4.69) is 11.9 Å². The van der Waals surface area contributed by atoms with Crippen LogP contribution in [0.25, 0.3) is 0 Å². The van der Waals surface area contributed by atoms with Crippen LogP contribution < -0.4 is 11.1 Å². The highest BCUT2D eigenvalue weighted by Crippen LogP contribution is 2.09. The van der Waals surface area contributed by atoms with E-state index in [4.69, 9.17) is 10.5 Å². The first-order chi connectivity index (χ1) is 7.26. The fourth-order valence-corrected chi connectivity index (χ4v) is 1.01. The maximum atomic E-state index is 11.1. The molecule has 3 N–H and O–H groups in total. The molecule has 1 amide bonds. The van der Waals surface area contributed by atoms with E-state index in [9.17, 15) is 4.79 Å². The molecule has 0 saturated heterocycles. The number of anilines is 1. The van der Waals surface area contributed by atoms with Gasteiger partial charge in [-0.1, -0.05) is 24.8 Å². The molecule has 1 aromatic carbocycles. The average Bonchev–Trinajstić information content (AvgIpc) is 2.27. The zero-order valence-corrected chi connectivity index (χ0v) is 8.40. The molecule has 0 unspecified atom stereocenters. The quantitative estimate of drug-likeness (QED) is 0.739. The molecule has 4 nitrogen and oxygen atoms in total. The lowest BCUT2D eigenvalue weighted by atomic mass is 10.2. The minimum absolute atomic E-state index is 0.201. The van der Waals surface area contributed by atoms with Gasteiger partial charge in [0.25, 0.3) is 0 Å². The second kappa shape index (κ2) is 5.82. The van der Waals surface area contributed by atoms with Crippen LogP contribution >= 0.6 is 0 Å². The Morgan fingerprint density at radius 3 is 2.67 bits per heavy atom. The van der Waals surface area contributed by atoms with Gasteiger partial charge in [0.1, 0.15) is 6.61 Å². The van der Waals surface area contributed by atoms with Gasteiger partial charge in [-0.2, -0.15) is 0 Å². The van der Waals surface area contributed by atoms with Crippen LogP contribution in [0.2, 0.25) is 0 Å². The van der Waals surface area contributed by atoms with Crippen molar-refractivity contribution in [2.45, 2.75) is 6.54 Å². The van der Waals surface area contributed by atoms with E-state index >= 15 is 0 Å². The van der Waals surface area contributed by atoms with Crippen LogP contribution in [-0.2, 0) is 11.3 Å². The molecule has 1 aromatic rings. The van der Waals surface area contributed by atoms with Gasteiger partial charge >= 0.3 is 6.09 Å². The van der Waals surface area contributed by atoms with Crippen molar-refractivity contribution in [3.8, 4) is 0 Å². The maximum Gasteiger partial charge on any atom is 0.411 e. The van der Waals surface area contributed by atoms with Crippen molar-refractivity contribution in [3.05, 3.63) is 42.5 Å². The molecule has 0 aliphatic heterocycles. The lowest BCUT2D eigenvalue weighted by Crippen LogP contribution is -2.13. The molecule has 0 aromatic heterocycles. The summed E-state index contributed by atoms with van der Waals surface area (Å²) in [5, 5.41) is 2.58. The zero-order valence-electron chi connectivity index (χ0n) is 8.40. The van der Waals surface area contributed by atoms with Crippen molar-refractivity contribution >= 4 is 11.8 Å². The Labute approximate surface area is 88.7 Å². The summed E-state index contributed by atoms with van der Waals surface area (Å²) in [7, 11) is 0. The first kappa shape index (κ1) is 11.3. The summed E-state index contributed by atoms with van der Waals surface area (Å²) in [4.78, 5) is 11.1. The number of amides is 1. The van der Waals surface area contributed by atoms with E-state index in [1.807, 2.05) is 12.1 Å². The van der Waals surface area contributed by atoms with E-state index in [0.29, 0.717) is 12.2 Å². The number of carbonyl (C=O) groups is 1. The topological polar surface area (TPSA) is 64.3 Å². The number of rotatable bonds is 4. The van der Waals surface area contributed by atoms with Crippen LogP contribution in [0.15, 0.2) is 36.9 Å². The lowest BCUT2D eigenvalue weighted by Gasteiger charge is -2.05. The van der Waals surface area contributed by atoms with Gasteiger partial charge in [0.15, 0.2) is 0 Å². The van der Waals surface area contributed by atoms with Crippen LogP contribution in [0.5, 0.6) is 0 Å². The Bertz CT molecular complexity index is 333. The van der Waals surface area contributed by atoms with Crippen molar-refractivity contribution in [1.82, 2.24) is 0 Å². The largest absolute Gasteiger partial charge is 0.445 e. The van der Waals surface area contributed by atoms with Gasteiger partial charge in [-0.25, -0.2) is 4.79 Å². The molecule has 0 saturated carbocycles. The number of nitrogens with two attached hydrogens (primary N) is 1. The second-order valence-corrected chi connectivity index (χ2v) is 2.91. The lowest BCUT2D eigenvalue weighted by molar-refractivity contribution is 0.174. The van der Waals surface area contributed by atoms with E-state index in [1.165, 1.54) is 6.08 Å². The molecule has 0 bridgehead atoms. The van der Waals surface area contributed by atoms with E-state index < -0.39 is 6.09 Å². The molecule has 0 aliphatic carbocycles. The fourth-order valence-electron chi connectivity index (χ4n) is 1.01. The first-order valence-corrected chi connectivity index (χ1v) is 4.60. The van der Waals surface area contributed by atoms with Gasteiger partial charge < -0.3 is 10.5 Å². The van der Waals surface area contributed by atoms with Crippen molar-refractivity contribution in [2.75, 3.05) is 11.9 Å². The third-order valence-electron chi connectivity index (χ3n) is 1.77. The standard InChI is InChI=1S/C11H14N2O2/c1-2-7-15-11(14)13-10-5-3-9(8-12)4-6-10/h2-6H,1,7-8,12H2,(H,13,14). The third kappa shape index (κ3) is 3.83. The maximum absolute atomic E-state index is 11.1. The number of benzene rings is 1. The highest BCUT2D eigenvalue weighted by atomic mass is 16.5. The van der Waals surface area contributed by atoms with E-state index in [-0.39, 0.29) is 6.61 Å². The summed E-state index contributed by atoms with van der Waals surface area (Å²) >= 11 is 0. The number of carbonyl (C=O) groups excluding carboxylic acids is 1. The Morgan fingerprint density at radius 2 is 2.13 bits per heavy atom. The number of nitrogens with one attached hydrogen (secondary N) is 1. The molecule has 0 fully saturated rings. The van der Waals surface area contributed by atoms with E-state index in [1.54, 1.807) is 12.1 Å². The van der Waals surface area contributed by atoms with Gasteiger partial charge in [-0.15, -0.1) is 0 Å². The summed E-state index contributed by atoms with van der Waals surface area (Å²) in [5.41, 5.74) is 7.14. The molecule has 0 aliphatic rings. The van der Waals surface area contributed by atoms with Crippen LogP contribution in [0, 0.1) is 0 Å². The average molecular weight is 206 g/mol. The zero-order chi connectivity index (χ0) is 11.1. The Morgan fingerprint density at radius 1 is 1.47 bits per heavy atom. The highest BCUT2D eigenvalue weighted by Gasteiger charge is 2.00. The van der Waals surface area contributed by atoms with Gasteiger partial charge in [0, 0.05) is 12.2 Å². The van der Waals surface area contributed by atoms with Crippen LogP contribution in [-0.4, -0.2) is 12.7 Å². The first-order valence-electron chi connectivity index (χ1n) is 4.60. The summed E-state index contributed by atoms with van der Waals surface area (Å²) < 4.78 is 4.76. The monoisotopic (exact) mass is 206 g/mol. The molecule has 4 heteroatoms. The Balaban J connectivity index is 2.49. The normalized spacial score (nSPS) is 9.40. The van der Waals surface area contributed by atoms with Gasteiger partial charge in [0.05, 0.1) is 0 Å². The Hall–Kier alpha value is -1.81. The minimum atomic E-state index is -0.490. The Kier molecular flexibility index (Phi) is 4.37. The molecule has 1 rings (SSSR count). The van der Waals surface area contributed by atoms with Crippen LogP contribution in [0.3, 0.4) is 0 Å². The van der Waals surface area contributed by atoms with Crippen LogP contribution in [0.4, 0.5) is 10.5 Å². The molecule has 0 radical (unpaired) electrons. The number of hydrogen-bond donors (Lipinski definition) is 2. The summed E-state index contributed by atoms with van der Waals surface area (Å²) in [5.74, 6) is 0. The SMILES string of the molecule is C=CCOC(=O)Nc1ccc(CN)cc1. The molecule has 0 heterocycles. The predicted octanol–water partition coefficient (Wildman–Crippen LogP) is 1.88. The third-order valence-corrected chi connectivity index (χ3v) is 1.77. The summed E-state index contributed by atoms with van der Waals surface area (Å²) in [6.07, 6.45) is 1.02. The summed E-state index contributed by atoms with van der Waals surface area (Å²) in [6.45, 7) is 4.13. The second-order valence-electron chi connectivity index (χ2n) is 2.91. The van der Waals surface area contributed by atoms with Gasteiger partial charge in [-0.3, -0.25) is 5.32 Å². The van der Waals surface area contributed by atoms with E-state index in [0.717, 1.165) is 5.56 Å². The number of hydrogen-bond acceptors (Lipinski definition) is 3. The van der Waals surface area contributed by atoms with Crippen LogP contribution in [0.1, 0.15) is 5.56 Å². The van der Waals surface area contributed by atoms with Crippen molar-refractivity contribution in [3.63, 3.8) is 0 Å². The minimum Gasteiger partial charge on any atom is -0.445 e. The molecule has 0 spiro atoms. The van der Waals surface area contributed by atoms with Crippen molar-refractivity contribution in [2.24, 2.45) is 5.73 Å². The molecular weight excluding hydrogens is 192 g/mol. The van der Waals surface area contributed by atoms with Crippen molar-refractivity contribution < 1.29 is 9.53 Å². The molecule has 80 valence electrons.